The molecule has 0 atom stereocenters. The van der Waals surface area contributed by atoms with Crippen LogP contribution in [0.1, 0.15) is 24.5 Å². The first-order valence-corrected chi connectivity index (χ1v) is 8.29. The van der Waals surface area contributed by atoms with Gasteiger partial charge in [-0.3, -0.25) is 0 Å². The van der Waals surface area contributed by atoms with Crippen molar-refractivity contribution in [3.8, 4) is 5.75 Å². The molecule has 0 radical (unpaired) electrons. The summed E-state index contributed by atoms with van der Waals surface area (Å²) in [5.74, 6) is 2.66. The van der Waals surface area contributed by atoms with Crippen molar-refractivity contribution in [2.24, 2.45) is 0 Å². The van der Waals surface area contributed by atoms with Crippen molar-refractivity contribution in [1.29, 1.82) is 0 Å². The summed E-state index contributed by atoms with van der Waals surface area (Å²) in [7, 11) is 1.71. The highest BCUT2D eigenvalue weighted by molar-refractivity contribution is 5.52. The number of nitrogens with zero attached hydrogens (tertiary/aromatic N) is 4. The number of rotatable bonds is 4. The highest BCUT2D eigenvalue weighted by Crippen LogP contribution is 2.39. The number of piperazine rings is 1. The lowest BCUT2D eigenvalue weighted by Crippen LogP contribution is -2.46. The van der Waals surface area contributed by atoms with Crippen molar-refractivity contribution >= 4 is 11.5 Å². The highest BCUT2D eigenvalue weighted by Gasteiger charge is 2.26. The molecule has 2 aliphatic rings. The number of ether oxygens (including phenoxy) is 1. The predicted octanol–water partition coefficient (Wildman–Crippen LogP) is 2.69. The van der Waals surface area contributed by atoms with Crippen LogP contribution >= 0.6 is 0 Å². The van der Waals surface area contributed by atoms with E-state index in [2.05, 4.69) is 38.0 Å². The van der Waals surface area contributed by atoms with Gasteiger partial charge in [0.25, 0.3) is 0 Å². The van der Waals surface area contributed by atoms with Gasteiger partial charge in [0.15, 0.2) is 0 Å². The fourth-order valence-corrected chi connectivity index (χ4v) is 3.14. The molecule has 0 bridgehead atoms. The van der Waals surface area contributed by atoms with Crippen molar-refractivity contribution < 1.29 is 4.74 Å². The van der Waals surface area contributed by atoms with Crippen LogP contribution in [0.5, 0.6) is 5.75 Å². The summed E-state index contributed by atoms with van der Waals surface area (Å²) in [5.41, 5.74) is 2.44. The number of anilines is 2. The van der Waals surface area contributed by atoms with Gasteiger partial charge < -0.3 is 14.5 Å². The topological polar surface area (TPSA) is 41.5 Å². The van der Waals surface area contributed by atoms with Crippen LogP contribution in [0.15, 0.2) is 36.7 Å². The van der Waals surface area contributed by atoms with Gasteiger partial charge in [-0.2, -0.15) is 0 Å². The lowest BCUT2D eigenvalue weighted by molar-refractivity contribution is 0.414. The maximum Gasteiger partial charge on any atom is 0.132 e. The Labute approximate surface area is 136 Å². The van der Waals surface area contributed by atoms with E-state index in [9.17, 15) is 0 Å². The molecule has 0 spiro atoms. The molecule has 1 saturated carbocycles. The number of hydrogen-bond acceptors (Lipinski definition) is 5. The van der Waals surface area contributed by atoms with Gasteiger partial charge in [0, 0.05) is 55.6 Å². The molecule has 1 saturated heterocycles. The Balaban J connectivity index is 1.43. The average Bonchev–Trinajstić information content (AvgIpc) is 3.47. The van der Waals surface area contributed by atoms with Crippen LogP contribution < -0.4 is 14.5 Å². The zero-order valence-electron chi connectivity index (χ0n) is 13.5. The van der Waals surface area contributed by atoms with Gasteiger partial charge in [0.1, 0.15) is 17.9 Å². The molecule has 0 amide bonds. The van der Waals surface area contributed by atoms with Crippen LogP contribution in [-0.2, 0) is 0 Å². The molecule has 0 N–H and O–H groups in total. The minimum absolute atomic E-state index is 0.676. The maximum atomic E-state index is 5.32. The van der Waals surface area contributed by atoms with Gasteiger partial charge >= 0.3 is 0 Å². The third-order valence-electron chi connectivity index (χ3n) is 4.69. The van der Waals surface area contributed by atoms with Crippen molar-refractivity contribution in [1.82, 2.24) is 9.97 Å². The second kappa shape index (κ2) is 6.07. The van der Waals surface area contributed by atoms with E-state index in [0.717, 1.165) is 37.7 Å². The molecule has 23 heavy (non-hydrogen) atoms. The van der Waals surface area contributed by atoms with Gasteiger partial charge in [-0.1, -0.05) is 6.07 Å². The molecule has 0 unspecified atom stereocenters. The fraction of sp³-hybridized carbons (Fsp3) is 0.444. The summed E-state index contributed by atoms with van der Waals surface area (Å²) in [6, 6.07) is 10.5. The lowest BCUT2D eigenvalue weighted by Gasteiger charge is -2.36. The van der Waals surface area contributed by atoms with Crippen LogP contribution in [0.25, 0.3) is 0 Å². The van der Waals surface area contributed by atoms with Gasteiger partial charge in [0.2, 0.25) is 0 Å². The average molecular weight is 310 g/mol. The number of methoxy groups -OCH3 is 1. The number of benzene rings is 1. The summed E-state index contributed by atoms with van der Waals surface area (Å²) in [5, 5.41) is 0. The van der Waals surface area contributed by atoms with E-state index >= 15 is 0 Å². The van der Waals surface area contributed by atoms with Crippen LogP contribution in [0.3, 0.4) is 0 Å². The van der Waals surface area contributed by atoms with Crippen LogP contribution in [-0.4, -0.2) is 43.3 Å². The Bertz CT molecular complexity index is 678. The minimum Gasteiger partial charge on any atom is -0.497 e. The Kier molecular flexibility index (Phi) is 3.77. The molecule has 2 heterocycles. The molecule has 1 aliphatic heterocycles. The smallest absolute Gasteiger partial charge is 0.132 e. The summed E-state index contributed by atoms with van der Waals surface area (Å²) >= 11 is 0. The first-order chi connectivity index (χ1) is 11.3. The van der Waals surface area contributed by atoms with Crippen LogP contribution in [0.2, 0.25) is 0 Å². The van der Waals surface area contributed by atoms with E-state index in [1.54, 1.807) is 13.4 Å². The van der Waals surface area contributed by atoms with Crippen LogP contribution in [0.4, 0.5) is 11.5 Å². The van der Waals surface area contributed by atoms with E-state index in [4.69, 9.17) is 4.74 Å². The van der Waals surface area contributed by atoms with E-state index in [1.807, 2.05) is 12.1 Å². The normalized spacial score (nSPS) is 18.1. The fourth-order valence-electron chi connectivity index (χ4n) is 3.14. The van der Waals surface area contributed by atoms with E-state index in [-0.39, 0.29) is 0 Å². The largest absolute Gasteiger partial charge is 0.497 e. The highest BCUT2D eigenvalue weighted by atomic mass is 16.5. The molecular formula is C18H22N4O. The van der Waals surface area contributed by atoms with E-state index in [1.165, 1.54) is 24.2 Å². The first kappa shape index (κ1) is 14.3. The zero-order chi connectivity index (χ0) is 15.6. The SMILES string of the molecule is COc1cccc(N2CCN(c3cc(C4CC4)ncn3)CC2)c1. The molecule has 120 valence electrons. The molecule has 5 heteroatoms. The summed E-state index contributed by atoms with van der Waals surface area (Å²) in [6.07, 6.45) is 4.28. The predicted molar refractivity (Wildman–Crippen MR) is 91.4 cm³/mol. The molecule has 5 nitrogen and oxygen atoms in total. The molecular weight excluding hydrogens is 288 g/mol. The van der Waals surface area contributed by atoms with Gasteiger partial charge in [0.05, 0.1) is 7.11 Å². The van der Waals surface area contributed by atoms with Crippen molar-refractivity contribution in [2.45, 2.75) is 18.8 Å². The molecule has 4 rings (SSSR count). The van der Waals surface area contributed by atoms with E-state index in [0.29, 0.717) is 5.92 Å². The van der Waals surface area contributed by atoms with Crippen molar-refractivity contribution in [3.63, 3.8) is 0 Å². The summed E-state index contributed by atoms with van der Waals surface area (Å²) in [6.45, 7) is 3.96. The van der Waals surface area contributed by atoms with E-state index < -0.39 is 0 Å². The Morgan fingerprint density at radius 3 is 2.52 bits per heavy atom. The quantitative estimate of drug-likeness (QED) is 0.868. The summed E-state index contributed by atoms with van der Waals surface area (Å²) < 4.78 is 5.32. The van der Waals surface area contributed by atoms with Crippen LogP contribution in [0, 0.1) is 0 Å². The molecule has 1 aromatic carbocycles. The Morgan fingerprint density at radius 1 is 1.00 bits per heavy atom. The second-order valence-corrected chi connectivity index (χ2v) is 6.25. The molecule has 2 aromatic rings. The second-order valence-electron chi connectivity index (χ2n) is 6.25. The maximum absolute atomic E-state index is 5.32. The molecule has 1 aliphatic carbocycles. The Morgan fingerprint density at radius 2 is 1.78 bits per heavy atom. The third kappa shape index (κ3) is 3.09. The monoisotopic (exact) mass is 310 g/mol. The first-order valence-electron chi connectivity index (χ1n) is 8.29. The standard InChI is InChI=1S/C18H22N4O/c1-23-16-4-2-3-15(11-16)21-7-9-22(10-8-21)18-12-17(14-5-6-14)19-13-20-18/h2-4,11-14H,5-10H2,1H3. The Hall–Kier alpha value is -2.30. The van der Waals surface area contributed by atoms with Gasteiger partial charge in [-0.25, -0.2) is 9.97 Å². The zero-order valence-corrected chi connectivity index (χ0v) is 13.5. The minimum atomic E-state index is 0.676. The van der Waals surface area contributed by atoms with Gasteiger partial charge in [-0.15, -0.1) is 0 Å². The number of aromatic nitrogens is 2. The summed E-state index contributed by atoms with van der Waals surface area (Å²) in [4.78, 5) is 13.7. The van der Waals surface area contributed by atoms with Crippen molar-refractivity contribution in [3.05, 3.63) is 42.4 Å². The van der Waals surface area contributed by atoms with Gasteiger partial charge in [-0.05, 0) is 25.0 Å². The van der Waals surface area contributed by atoms with Crippen molar-refractivity contribution in [2.75, 3.05) is 43.1 Å². The third-order valence-corrected chi connectivity index (χ3v) is 4.69. The molecule has 2 fully saturated rings. The lowest BCUT2D eigenvalue weighted by atomic mass is 10.2. The molecule has 1 aromatic heterocycles. The number of hydrogen-bond donors (Lipinski definition) is 0.